The van der Waals surface area contributed by atoms with Crippen LogP contribution in [0.25, 0.3) is 0 Å². The number of nitro groups is 1. The fourth-order valence-corrected chi connectivity index (χ4v) is 1.88. The Hall–Kier alpha value is -2.34. The molecule has 1 N–H and O–H groups in total. The van der Waals surface area contributed by atoms with Gasteiger partial charge in [-0.3, -0.25) is 10.1 Å². The predicted molar refractivity (Wildman–Crippen MR) is 74.8 cm³/mol. The summed E-state index contributed by atoms with van der Waals surface area (Å²) in [5.41, 5.74) is 0.833. The van der Waals surface area contributed by atoms with Crippen LogP contribution >= 0.6 is 0 Å². The molecule has 0 fully saturated rings. The Morgan fingerprint density at radius 2 is 2.00 bits per heavy atom. The Bertz CT molecular complexity index is 577. The molecule has 0 spiro atoms. The lowest BCUT2D eigenvalue weighted by Crippen LogP contribution is -2.15. The van der Waals surface area contributed by atoms with Gasteiger partial charge in [0.1, 0.15) is 17.6 Å². The molecule has 20 heavy (non-hydrogen) atoms. The molecule has 106 valence electrons. The number of ether oxygens (including phenoxy) is 1. The number of nitrogens with one attached hydrogen (secondary N) is 1. The van der Waals surface area contributed by atoms with Crippen molar-refractivity contribution in [3.63, 3.8) is 0 Å². The van der Waals surface area contributed by atoms with Crippen molar-refractivity contribution in [2.24, 2.45) is 0 Å². The highest BCUT2D eigenvalue weighted by molar-refractivity contribution is 5.49. The molecule has 0 saturated carbocycles. The molecule has 1 atom stereocenters. The first-order chi connectivity index (χ1) is 9.60. The topological polar surface area (TPSA) is 77.5 Å². The van der Waals surface area contributed by atoms with Crippen molar-refractivity contribution in [1.82, 2.24) is 0 Å². The molecular formula is C14H16N2O4. The van der Waals surface area contributed by atoms with E-state index >= 15 is 0 Å². The van der Waals surface area contributed by atoms with Gasteiger partial charge in [-0.2, -0.15) is 0 Å². The average molecular weight is 276 g/mol. The third kappa shape index (κ3) is 3.36. The van der Waals surface area contributed by atoms with E-state index in [2.05, 4.69) is 5.32 Å². The summed E-state index contributed by atoms with van der Waals surface area (Å²) in [4.78, 5) is 10.2. The standard InChI is InChI=1S/C14H16N2O4/c1-10-3-8-14(20-10)13(9-19-2)15-11-4-6-12(7-5-11)16(17)18/h3-8,13,15H,9H2,1-2H3. The molecule has 0 saturated heterocycles. The first-order valence-corrected chi connectivity index (χ1v) is 6.16. The van der Waals surface area contributed by atoms with E-state index in [1.807, 2.05) is 19.1 Å². The Morgan fingerprint density at radius 1 is 1.30 bits per heavy atom. The Labute approximate surface area is 116 Å². The van der Waals surface area contributed by atoms with Crippen molar-refractivity contribution in [2.45, 2.75) is 13.0 Å². The minimum Gasteiger partial charge on any atom is -0.464 e. The minimum absolute atomic E-state index is 0.0627. The van der Waals surface area contributed by atoms with Crippen LogP contribution in [0.1, 0.15) is 17.6 Å². The molecule has 0 aliphatic heterocycles. The summed E-state index contributed by atoms with van der Waals surface area (Å²) in [5.74, 6) is 1.59. The van der Waals surface area contributed by atoms with E-state index < -0.39 is 4.92 Å². The van der Waals surface area contributed by atoms with Crippen LogP contribution in [0.5, 0.6) is 0 Å². The third-order valence-corrected chi connectivity index (χ3v) is 2.86. The lowest BCUT2D eigenvalue weighted by Gasteiger charge is -2.17. The number of nitro benzene ring substituents is 1. The maximum atomic E-state index is 10.6. The summed E-state index contributed by atoms with van der Waals surface area (Å²) in [6.07, 6.45) is 0. The summed E-state index contributed by atoms with van der Waals surface area (Å²) in [7, 11) is 1.61. The summed E-state index contributed by atoms with van der Waals surface area (Å²) in [5, 5.41) is 13.8. The first-order valence-electron chi connectivity index (χ1n) is 6.16. The number of anilines is 1. The highest BCUT2D eigenvalue weighted by Crippen LogP contribution is 2.23. The van der Waals surface area contributed by atoms with Gasteiger partial charge in [-0.05, 0) is 31.2 Å². The van der Waals surface area contributed by atoms with Crippen LogP contribution in [-0.2, 0) is 4.74 Å². The van der Waals surface area contributed by atoms with Gasteiger partial charge in [-0.15, -0.1) is 0 Å². The van der Waals surface area contributed by atoms with Crippen LogP contribution in [0.2, 0.25) is 0 Å². The van der Waals surface area contributed by atoms with Gasteiger partial charge in [0, 0.05) is 24.9 Å². The summed E-state index contributed by atoms with van der Waals surface area (Å²) >= 11 is 0. The second-order valence-electron chi connectivity index (χ2n) is 4.40. The van der Waals surface area contributed by atoms with E-state index in [-0.39, 0.29) is 11.7 Å². The maximum Gasteiger partial charge on any atom is 0.269 e. The fourth-order valence-electron chi connectivity index (χ4n) is 1.88. The monoisotopic (exact) mass is 276 g/mol. The Kier molecular flexibility index (Phi) is 4.37. The van der Waals surface area contributed by atoms with Crippen molar-refractivity contribution in [2.75, 3.05) is 19.0 Å². The van der Waals surface area contributed by atoms with Gasteiger partial charge in [0.15, 0.2) is 0 Å². The van der Waals surface area contributed by atoms with E-state index in [9.17, 15) is 10.1 Å². The van der Waals surface area contributed by atoms with Gasteiger partial charge in [0.2, 0.25) is 0 Å². The molecule has 0 aliphatic carbocycles. The van der Waals surface area contributed by atoms with Crippen LogP contribution in [0.3, 0.4) is 0 Å². The van der Waals surface area contributed by atoms with Crippen LogP contribution in [0.15, 0.2) is 40.8 Å². The molecule has 1 heterocycles. The molecule has 0 radical (unpaired) electrons. The van der Waals surface area contributed by atoms with E-state index in [1.165, 1.54) is 12.1 Å². The first kappa shape index (κ1) is 14.1. The molecule has 2 aromatic rings. The third-order valence-electron chi connectivity index (χ3n) is 2.86. The number of rotatable bonds is 6. The summed E-state index contributed by atoms with van der Waals surface area (Å²) in [6, 6.07) is 9.87. The quantitative estimate of drug-likeness (QED) is 0.647. The number of nitrogens with zero attached hydrogens (tertiary/aromatic N) is 1. The van der Waals surface area contributed by atoms with E-state index in [0.717, 1.165) is 17.2 Å². The van der Waals surface area contributed by atoms with Crippen LogP contribution in [0.4, 0.5) is 11.4 Å². The number of hydrogen-bond acceptors (Lipinski definition) is 5. The van der Waals surface area contributed by atoms with Crippen molar-refractivity contribution in [3.05, 3.63) is 58.0 Å². The Morgan fingerprint density at radius 3 is 2.50 bits per heavy atom. The van der Waals surface area contributed by atoms with E-state index in [0.29, 0.717) is 6.61 Å². The second kappa shape index (κ2) is 6.21. The Balaban J connectivity index is 2.13. The largest absolute Gasteiger partial charge is 0.464 e. The normalized spacial score (nSPS) is 12.1. The van der Waals surface area contributed by atoms with Crippen LogP contribution < -0.4 is 5.32 Å². The molecule has 2 rings (SSSR count). The zero-order valence-electron chi connectivity index (χ0n) is 11.3. The zero-order chi connectivity index (χ0) is 14.5. The number of non-ortho nitro benzene ring substituents is 1. The van der Waals surface area contributed by atoms with Gasteiger partial charge >= 0.3 is 0 Å². The summed E-state index contributed by atoms with van der Waals surface area (Å²) in [6.45, 7) is 2.31. The van der Waals surface area contributed by atoms with Gasteiger partial charge in [0.05, 0.1) is 11.5 Å². The number of hydrogen-bond donors (Lipinski definition) is 1. The van der Waals surface area contributed by atoms with Crippen molar-refractivity contribution in [3.8, 4) is 0 Å². The van der Waals surface area contributed by atoms with Gasteiger partial charge in [-0.1, -0.05) is 0 Å². The average Bonchev–Trinajstić information content (AvgIpc) is 2.85. The molecule has 1 unspecified atom stereocenters. The highest BCUT2D eigenvalue weighted by Gasteiger charge is 2.15. The van der Waals surface area contributed by atoms with Crippen molar-refractivity contribution in [1.29, 1.82) is 0 Å². The lowest BCUT2D eigenvalue weighted by molar-refractivity contribution is -0.384. The molecular weight excluding hydrogens is 260 g/mol. The minimum atomic E-state index is -0.424. The molecule has 0 amide bonds. The number of methoxy groups -OCH3 is 1. The smallest absolute Gasteiger partial charge is 0.269 e. The SMILES string of the molecule is COCC(Nc1ccc([N+](=O)[O-])cc1)c1ccc(C)o1. The number of aryl methyl sites for hydroxylation is 1. The molecule has 0 aliphatic rings. The second-order valence-corrected chi connectivity index (χ2v) is 4.40. The van der Waals surface area contributed by atoms with Gasteiger partial charge in [-0.25, -0.2) is 0 Å². The predicted octanol–water partition coefficient (Wildman–Crippen LogP) is 3.30. The van der Waals surface area contributed by atoms with Gasteiger partial charge in [0.25, 0.3) is 5.69 Å². The molecule has 6 heteroatoms. The van der Waals surface area contributed by atoms with Crippen LogP contribution in [0, 0.1) is 17.0 Å². The van der Waals surface area contributed by atoms with Crippen LogP contribution in [-0.4, -0.2) is 18.6 Å². The molecule has 1 aromatic heterocycles. The van der Waals surface area contributed by atoms with Crippen molar-refractivity contribution >= 4 is 11.4 Å². The number of furan rings is 1. The fraction of sp³-hybridized carbons (Fsp3) is 0.286. The highest BCUT2D eigenvalue weighted by atomic mass is 16.6. The molecule has 1 aromatic carbocycles. The summed E-state index contributed by atoms with van der Waals surface area (Å²) < 4.78 is 10.8. The van der Waals surface area contributed by atoms with Gasteiger partial charge < -0.3 is 14.5 Å². The maximum absolute atomic E-state index is 10.6. The number of benzene rings is 1. The molecule has 0 bridgehead atoms. The van der Waals surface area contributed by atoms with E-state index in [1.54, 1.807) is 19.2 Å². The van der Waals surface area contributed by atoms with E-state index in [4.69, 9.17) is 9.15 Å². The lowest BCUT2D eigenvalue weighted by atomic mass is 10.2. The zero-order valence-corrected chi connectivity index (χ0v) is 11.3. The molecule has 6 nitrogen and oxygen atoms in total. The van der Waals surface area contributed by atoms with Crippen molar-refractivity contribution < 1.29 is 14.1 Å².